The van der Waals surface area contributed by atoms with Crippen LogP contribution in [0.3, 0.4) is 0 Å². The van der Waals surface area contributed by atoms with Crippen LogP contribution in [0.2, 0.25) is 0 Å². The van der Waals surface area contributed by atoms with Crippen molar-refractivity contribution in [1.29, 1.82) is 0 Å². The molecule has 8 aliphatic rings. The molecule has 8 rings (SSSR count). The SMILES string of the molecule is C[C@@H]1O[C@@H](O[C@H]2[C@H](O[C@H]3CCC4(C)C(CCC5(C)C4CC=C4C6CC(C)(C)CC[C@]6(C(=O)O)CC[C@]45CO)C3(C)C)OC[C@H](O)[C@@H]2O)[C@H](O)[C@H](O[C@@H]2OC[C@H](O)[C@H](O)[C@H]2O)[C@H]1O. The second-order valence-electron chi connectivity index (χ2n) is 22.5. The van der Waals surface area contributed by atoms with Gasteiger partial charge in [0.2, 0.25) is 0 Å². The topological polar surface area (TPSA) is 255 Å². The van der Waals surface area contributed by atoms with Gasteiger partial charge in [0.05, 0.1) is 37.4 Å². The summed E-state index contributed by atoms with van der Waals surface area (Å²) < 4.78 is 36.1. The van der Waals surface area contributed by atoms with E-state index in [1.54, 1.807) is 0 Å². The zero-order valence-corrected chi connectivity index (χ0v) is 37.5. The Balaban J connectivity index is 1.01. The summed E-state index contributed by atoms with van der Waals surface area (Å²) >= 11 is 0. The largest absolute Gasteiger partial charge is 0.481 e. The van der Waals surface area contributed by atoms with Crippen LogP contribution >= 0.6 is 0 Å². The molecule has 21 atom stereocenters. The third-order valence-electron chi connectivity index (χ3n) is 18.5. The van der Waals surface area contributed by atoms with Crippen LogP contribution < -0.4 is 0 Å². The third kappa shape index (κ3) is 7.19. The molecule has 4 saturated carbocycles. The number of aliphatic hydroxyl groups excluding tert-OH is 8. The molecule has 3 heterocycles. The average Bonchev–Trinajstić information content (AvgIpc) is 3.21. The van der Waals surface area contributed by atoms with Crippen molar-refractivity contribution in [3.8, 4) is 0 Å². The summed E-state index contributed by atoms with van der Waals surface area (Å²) in [7, 11) is 0. The molecular formula is C46H74O16. The lowest BCUT2D eigenvalue weighted by Gasteiger charge is -2.71. The predicted molar refractivity (Wildman–Crippen MR) is 219 cm³/mol. The van der Waals surface area contributed by atoms with Gasteiger partial charge in [0.1, 0.15) is 54.9 Å². The van der Waals surface area contributed by atoms with Crippen molar-refractivity contribution in [1.82, 2.24) is 0 Å². The Morgan fingerprint density at radius 3 is 2.03 bits per heavy atom. The Morgan fingerprint density at radius 2 is 1.35 bits per heavy atom. The molecule has 0 spiro atoms. The number of hydrogen-bond acceptors (Lipinski definition) is 15. The van der Waals surface area contributed by atoms with Crippen LogP contribution in [0.1, 0.15) is 113 Å². The van der Waals surface area contributed by atoms with Crippen molar-refractivity contribution in [3.63, 3.8) is 0 Å². The second kappa shape index (κ2) is 16.5. The molecule has 3 saturated heterocycles. The van der Waals surface area contributed by atoms with Crippen LogP contribution in [-0.4, -0.2) is 158 Å². The third-order valence-corrected chi connectivity index (χ3v) is 18.5. The second-order valence-corrected chi connectivity index (χ2v) is 22.5. The van der Waals surface area contributed by atoms with Crippen molar-refractivity contribution in [3.05, 3.63) is 11.6 Å². The standard InChI is InChI=1S/C46H74O16/c1-22-30(50)35(61-37-33(53)31(51)25(48)19-57-37)34(54)38(59-22)62-36-32(52)26(49)20-58-39(36)60-29-11-12-43(6)27(42(29,4)5)10-13-44(7)28(43)9-8-23-24-18-41(2,3)14-15-45(24,40(55)56)16-17-46(23,44)21-47/h8,22,24-39,47-54H,9-21H2,1-7H3,(H,55,56)/t22-,24?,25-,26-,27?,28?,29-,30-,31-,32-,33+,34+,35+,36+,37-,38-,39-,43?,44?,45-,46-/m0/s1. The molecule has 16 nitrogen and oxygen atoms in total. The van der Waals surface area contributed by atoms with Gasteiger partial charge in [-0.15, -0.1) is 0 Å². The highest BCUT2D eigenvalue weighted by Gasteiger charge is 2.71. The van der Waals surface area contributed by atoms with Crippen molar-refractivity contribution >= 4 is 5.97 Å². The molecule has 0 aromatic rings. The fourth-order valence-electron chi connectivity index (χ4n) is 14.7. The average molecular weight is 883 g/mol. The van der Waals surface area contributed by atoms with E-state index in [0.29, 0.717) is 25.7 Å². The predicted octanol–water partition coefficient (Wildman–Crippen LogP) is 1.98. The number of aliphatic hydroxyl groups is 8. The first-order chi connectivity index (χ1) is 29.0. The molecule has 3 aliphatic heterocycles. The lowest BCUT2D eigenvalue weighted by Crippen LogP contribution is -2.67. The Kier molecular flexibility index (Phi) is 12.5. The van der Waals surface area contributed by atoms with Crippen LogP contribution in [-0.2, 0) is 33.2 Å². The highest BCUT2D eigenvalue weighted by atomic mass is 16.8. The molecule has 16 heteroatoms. The number of carboxylic acid groups (broad SMARTS) is 1. The highest BCUT2D eigenvalue weighted by Crippen LogP contribution is 2.76. The summed E-state index contributed by atoms with van der Waals surface area (Å²) in [6.45, 7) is 14.6. The van der Waals surface area contributed by atoms with Crippen LogP contribution in [0, 0.1) is 50.2 Å². The maximum absolute atomic E-state index is 13.1. The number of fused-ring (bicyclic) bond motifs is 7. The van der Waals surface area contributed by atoms with E-state index >= 15 is 0 Å². The molecule has 5 aliphatic carbocycles. The smallest absolute Gasteiger partial charge is 0.310 e. The first kappa shape index (κ1) is 47.2. The lowest BCUT2D eigenvalue weighted by atomic mass is 9.33. The number of carbonyl (C=O) groups is 1. The van der Waals surface area contributed by atoms with E-state index in [9.17, 15) is 50.8 Å². The summed E-state index contributed by atoms with van der Waals surface area (Å²) in [5.74, 6) is -0.397. The minimum atomic E-state index is -1.71. The molecule has 0 bridgehead atoms. The van der Waals surface area contributed by atoms with Gasteiger partial charge in [-0.3, -0.25) is 4.79 Å². The van der Waals surface area contributed by atoms with E-state index < -0.39 is 102 Å². The van der Waals surface area contributed by atoms with E-state index in [4.69, 9.17) is 28.4 Å². The van der Waals surface area contributed by atoms with Crippen LogP contribution in [0.15, 0.2) is 11.6 Å². The molecule has 9 N–H and O–H groups in total. The van der Waals surface area contributed by atoms with E-state index in [1.165, 1.54) is 12.5 Å². The first-order valence-corrected chi connectivity index (χ1v) is 23.1. The number of hydrogen-bond donors (Lipinski definition) is 9. The maximum atomic E-state index is 13.1. The molecule has 5 unspecified atom stereocenters. The fourth-order valence-corrected chi connectivity index (χ4v) is 14.7. The molecular weight excluding hydrogens is 808 g/mol. The number of ether oxygens (including phenoxy) is 6. The Labute approximate surface area is 364 Å². The number of carboxylic acids is 1. The van der Waals surface area contributed by atoms with Gasteiger partial charge in [-0.2, -0.15) is 0 Å². The quantitative estimate of drug-likeness (QED) is 0.125. The molecule has 62 heavy (non-hydrogen) atoms. The minimum absolute atomic E-state index is 0.00346. The fraction of sp³-hybridized carbons (Fsp3) is 0.935. The monoisotopic (exact) mass is 882 g/mol. The summed E-state index contributed by atoms with van der Waals surface area (Å²) in [5.41, 5.74) is -0.932. The van der Waals surface area contributed by atoms with E-state index in [2.05, 4.69) is 47.6 Å². The first-order valence-electron chi connectivity index (χ1n) is 23.1. The van der Waals surface area contributed by atoms with Gasteiger partial charge in [0, 0.05) is 5.41 Å². The van der Waals surface area contributed by atoms with Crippen molar-refractivity contribution in [2.45, 2.75) is 199 Å². The Bertz CT molecular complexity index is 1690. The van der Waals surface area contributed by atoms with Gasteiger partial charge in [0.25, 0.3) is 0 Å². The number of rotatable bonds is 8. The van der Waals surface area contributed by atoms with Crippen molar-refractivity contribution < 1.29 is 79.2 Å². The highest BCUT2D eigenvalue weighted by molar-refractivity contribution is 5.76. The Morgan fingerprint density at radius 1 is 0.710 bits per heavy atom. The van der Waals surface area contributed by atoms with Crippen molar-refractivity contribution in [2.75, 3.05) is 19.8 Å². The molecule has 0 radical (unpaired) electrons. The van der Waals surface area contributed by atoms with Gasteiger partial charge in [-0.1, -0.05) is 53.2 Å². The van der Waals surface area contributed by atoms with Crippen molar-refractivity contribution in [2.24, 2.45) is 50.2 Å². The van der Waals surface area contributed by atoms with E-state index in [-0.39, 0.29) is 59.9 Å². The van der Waals surface area contributed by atoms with Crippen LogP contribution in [0.5, 0.6) is 0 Å². The van der Waals surface area contributed by atoms with Crippen LogP contribution in [0.25, 0.3) is 0 Å². The minimum Gasteiger partial charge on any atom is -0.481 e. The zero-order valence-electron chi connectivity index (χ0n) is 37.5. The summed E-state index contributed by atoms with van der Waals surface area (Å²) in [6, 6.07) is 0. The van der Waals surface area contributed by atoms with Gasteiger partial charge in [-0.05, 0) is 111 Å². The lowest BCUT2D eigenvalue weighted by molar-refractivity contribution is -0.378. The number of allylic oxidation sites excluding steroid dienone is 1. The molecule has 0 aromatic carbocycles. The molecule has 0 amide bonds. The summed E-state index contributed by atoms with van der Waals surface area (Å²) in [6.07, 6.45) is -9.10. The Hall–Kier alpha value is -1.35. The zero-order chi connectivity index (χ0) is 45.1. The van der Waals surface area contributed by atoms with Gasteiger partial charge >= 0.3 is 5.97 Å². The van der Waals surface area contributed by atoms with Gasteiger partial charge in [-0.25, -0.2) is 0 Å². The summed E-state index contributed by atoms with van der Waals surface area (Å²) in [5, 5.41) is 97.6. The molecule has 7 fully saturated rings. The normalized spacial score (nSPS) is 53.6. The van der Waals surface area contributed by atoms with Gasteiger partial charge < -0.3 is 74.4 Å². The summed E-state index contributed by atoms with van der Waals surface area (Å²) in [4.78, 5) is 13.1. The number of aliphatic carboxylic acids is 1. The molecule has 0 aromatic heterocycles. The molecule has 354 valence electrons. The van der Waals surface area contributed by atoms with Crippen LogP contribution in [0.4, 0.5) is 0 Å². The van der Waals surface area contributed by atoms with E-state index in [1.807, 2.05) is 0 Å². The van der Waals surface area contributed by atoms with E-state index in [0.717, 1.165) is 38.5 Å². The van der Waals surface area contributed by atoms with Gasteiger partial charge in [0.15, 0.2) is 18.9 Å². The maximum Gasteiger partial charge on any atom is 0.310 e.